The number of carbonyl (C=O) groups excluding carboxylic acids is 1. The normalized spacial score (nSPS) is 25.8. The Kier molecular flexibility index (Phi) is 3.10. The van der Waals surface area contributed by atoms with E-state index in [-0.39, 0.29) is 0 Å². The van der Waals surface area contributed by atoms with Crippen molar-refractivity contribution in [2.75, 3.05) is 7.05 Å². The molecule has 0 heterocycles. The predicted molar refractivity (Wildman–Crippen MR) is 65.4 cm³/mol. The van der Waals surface area contributed by atoms with Crippen molar-refractivity contribution in [1.29, 1.82) is 0 Å². The first-order chi connectivity index (χ1) is 7.69. The molecule has 16 heavy (non-hydrogen) atoms. The number of hydrogen-bond donors (Lipinski definition) is 1. The van der Waals surface area contributed by atoms with Gasteiger partial charge in [0.25, 0.3) is 0 Å². The lowest BCUT2D eigenvalue weighted by molar-refractivity contribution is -0.127. The van der Waals surface area contributed by atoms with Crippen LogP contribution in [0.4, 0.5) is 0 Å². The number of benzene rings is 1. The van der Waals surface area contributed by atoms with E-state index < -0.39 is 5.54 Å². The fourth-order valence-electron chi connectivity index (χ4n) is 2.65. The summed E-state index contributed by atoms with van der Waals surface area (Å²) >= 11 is 0. The van der Waals surface area contributed by atoms with Crippen LogP contribution in [0.25, 0.3) is 0 Å². The molecule has 2 nitrogen and oxygen atoms in total. The zero-order chi connectivity index (χ0) is 11.6. The van der Waals surface area contributed by atoms with Crippen LogP contribution in [0.3, 0.4) is 0 Å². The fraction of sp³-hybridized carbons (Fsp3) is 0.500. The molecular weight excluding hydrogens is 198 g/mol. The van der Waals surface area contributed by atoms with E-state index in [1.54, 1.807) is 0 Å². The highest BCUT2D eigenvalue weighted by Crippen LogP contribution is 2.34. The van der Waals surface area contributed by atoms with Gasteiger partial charge in [-0.05, 0) is 32.4 Å². The maximum Gasteiger partial charge on any atom is 0.157 e. The van der Waals surface area contributed by atoms with Crippen molar-refractivity contribution in [3.63, 3.8) is 0 Å². The quantitative estimate of drug-likeness (QED) is 0.825. The number of ketones is 1. The zero-order valence-electron chi connectivity index (χ0n) is 10.0. The first-order valence-electron chi connectivity index (χ1n) is 5.98. The first-order valence-corrected chi connectivity index (χ1v) is 5.98. The van der Waals surface area contributed by atoms with Gasteiger partial charge < -0.3 is 5.32 Å². The van der Waals surface area contributed by atoms with E-state index in [1.807, 2.05) is 13.1 Å². The van der Waals surface area contributed by atoms with Crippen LogP contribution in [-0.2, 0) is 10.3 Å². The molecular formula is C14H19NO. The number of Topliss-reactive ketones (excluding diaryl/α,β-unsaturated/α-hetero) is 1. The van der Waals surface area contributed by atoms with Gasteiger partial charge in [-0.25, -0.2) is 0 Å². The second-order valence-electron chi connectivity index (χ2n) is 4.66. The number of hydrogen-bond acceptors (Lipinski definition) is 2. The third-order valence-electron chi connectivity index (χ3n) is 3.62. The number of aryl methyl sites for hydroxylation is 1. The number of likely N-dealkylation sites (N-methyl/N-ethyl adjacent to an activating group) is 1. The largest absolute Gasteiger partial charge is 0.304 e. The van der Waals surface area contributed by atoms with E-state index in [2.05, 4.69) is 30.4 Å². The van der Waals surface area contributed by atoms with Crippen LogP contribution in [0.15, 0.2) is 24.3 Å². The molecule has 1 aromatic rings. The minimum atomic E-state index is -0.426. The van der Waals surface area contributed by atoms with Crippen LogP contribution in [0.2, 0.25) is 0 Å². The third-order valence-corrected chi connectivity index (χ3v) is 3.62. The van der Waals surface area contributed by atoms with Crippen LogP contribution in [0.1, 0.15) is 36.8 Å². The lowest BCUT2D eigenvalue weighted by atomic mass is 9.75. The molecule has 0 spiro atoms. The van der Waals surface area contributed by atoms with Crippen LogP contribution < -0.4 is 5.32 Å². The van der Waals surface area contributed by atoms with E-state index in [1.165, 1.54) is 5.56 Å². The van der Waals surface area contributed by atoms with Crippen LogP contribution in [0, 0.1) is 6.92 Å². The summed E-state index contributed by atoms with van der Waals surface area (Å²) in [5.74, 6) is 0.340. The topological polar surface area (TPSA) is 29.1 Å². The molecule has 1 aliphatic carbocycles. The summed E-state index contributed by atoms with van der Waals surface area (Å²) in [5, 5.41) is 3.26. The predicted octanol–water partition coefficient (Wildman–Crippen LogP) is 2.55. The highest BCUT2D eigenvalue weighted by Gasteiger charge is 2.39. The van der Waals surface area contributed by atoms with Crippen LogP contribution in [0.5, 0.6) is 0 Å². The standard InChI is InChI=1S/C14H19NO/c1-11-6-5-7-12(10-11)14(15-2)9-4-3-8-13(14)16/h5-7,10,15H,3-4,8-9H2,1-2H3/t14-/m0/s1. The maximum atomic E-state index is 12.2. The fourth-order valence-corrected chi connectivity index (χ4v) is 2.65. The molecule has 1 aromatic carbocycles. The molecule has 1 fully saturated rings. The van der Waals surface area contributed by atoms with E-state index in [9.17, 15) is 4.79 Å². The third kappa shape index (κ3) is 1.78. The molecule has 0 aliphatic heterocycles. The molecule has 86 valence electrons. The summed E-state index contributed by atoms with van der Waals surface area (Å²) in [4.78, 5) is 12.2. The van der Waals surface area contributed by atoms with Gasteiger partial charge >= 0.3 is 0 Å². The molecule has 0 amide bonds. The zero-order valence-corrected chi connectivity index (χ0v) is 10.0. The second kappa shape index (κ2) is 4.38. The minimum Gasteiger partial charge on any atom is -0.304 e. The number of carbonyl (C=O) groups is 1. The van der Waals surface area contributed by atoms with Gasteiger partial charge in [0.2, 0.25) is 0 Å². The molecule has 1 saturated carbocycles. The van der Waals surface area contributed by atoms with Gasteiger partial charge in [-0.15, -0.1) is 0 Å². The summed E-state index contributed by atoms with van der Waals surface area (Å²) in [5.41, 5.74) is 1.91. The van der Waals surface area contributed by atoms with Gasteiger partial charge in [-0.1, -0.05) is 36.2 Å². The SMILES string of the molecule is CN[C@]1(c2cccc(C)c2)CCCCC1=O. The minimum absolute atomic E-state index is 0.340. The molecule has 2 rings (SSSR count). The number of rotatable bonds is 2. The highest BCUT2D eigenvalue weighted by molar-refractivity contribution is 5.90. The Hall–Kier alpha value is -1.15. The average molecular weight is 217 g/mol. The first kappa shape index (κ1) is 11.3. The summed E-state index contributed by atoms with van der Waals surface area (Å²) in [6, 6.07) is 8.29. The molecule has 0 bridgehead atoms. The summed E-state index contributed by atoms with van der Waals surface area (Å²) in [7, 11) is 1.89. The van der Waals surface area contributed by atoms with Crippen LogP contribution in [-0.4, -0.2) is 12.8 Å². The Labute approximate surface area is 97.1 Å². The summed E-state index contributed by atoms with van der Waals surface area (Å²) in [6.45, 7) is 2.07. The Morgan fingerprint density at radius 1 is 1.31 bits per heavy atom. The van der Waals surface area contributed by atoms with Gasteiger partial charge in [-0.2, -0.15) is 0 Å². The van der Waals surface area contributed by atoms with Gasteiger partial charge in [0, 0.05) is 6.42 Å². The average Bonchev–Trinajstić information content (AvgIpc) is 2.30. The second-order valence-corrected chi connectivity index (χ2v) is 4.66. The van der Waals surface area contributed by atoms with Crippen molar-refractivity contribution >= 4 is 5.78 Å². The van der Waals surface area contributed by atoms with E-state index in [0.29, 0.717) is 12.2 Å². The number of nitrogens with one attached hydrogen (secondary N) is 1. The van der Waals surface area contributed by atoms with Gasteiger partial charge in [-0.3, -0.25) is 4.79 Å². The Bertz CT molecular complexity index is 399. The summed E-state index contributed by atoms with van der Waals surface area (Å²) < 4.78 is 0. The van der Waals surface area contributed by atoms with Crippen molar-refractivity contribution in [3.05, 3.63) is 35.4 Å². The lowest BCUT2D eigenvalue weighted by Crippen LogP contribution is -2.49. The molecule has 0 aromatic heterocycles. The Morgan fingerprint density at radius 2 is 2.12 bits per heavy atom. The van der Waals surface area contributed by atoms with Crippen molar-refractivity contribution in [1.82, 2.24) is 5.32 Å². The maximum absolute atomic E-state index is 12.2. The molecule has 1 N–H and O–H groups in total. The molecule has 0 radical (unpaired) electrons. The molecule has 2 heteroatoms. The van der Waals surface area contributed by atoms with Crippen LogP contribution >= 0.6 is 0 Å². The molecule has 0 saturated heterocycles. The summed E-state index contributed by atoms with van der Waals surface area (Å²) in [6.07, 6.45) is 3.79. The molecule has 1 atom stereocenters. The Balaban J connectivity index is 2.44. The highest BCUT2D eigenvalue weighted by atomic mass is 16.1. The van der Waals surface area contributed by atoms with Gasteiger partial charge in [0.05, 0.1) is 0 Å². The Morgan fingerprint density at radius 3 is 2.75 bits per heavy atom. The van der Waals surface area contributed by atoms with Gasteiger partial charge in [0.1, 0.15) is 5.54 Å². The van der Waals surface area contributed by atoms with Crippen molar-refractivity contribution in [2.45, 2.75) is 38.1 Å². The van der Waals surface area contributed by atoms with E-state index >= 15 is 0 Å². The monoisotopic (exact) mass is 217 g/mol. The van der Waals surface area contributed by atoms with Crippen molar-refractivity contribution in [3.8, 4) is 0 Å². The van der Waals surface area contributed by atoms with Crippen molar-refractivity contribution in [2.24, 2.45) is 0 Å². The van der Waals surface area contributed by atoms with E-state index in [4.69, 9.17) is 0 Å². The lowest BCUT2D eigenvalue weighted by Gasteiger charge is -2.36. The molecule has 1 aliphatic rings. The van der Waals surface area contributed by atoms with E-state index in [0.717, 1.165) is 24.8 Å². The molecule has 0 unspecified atom stereocenters. The van der Waals surface area contributed by atoms with Crippen molar-refractivity contribution < 1.29 is 4.79 Å². The smallest absolute Gasteiger partial charge is 0.157 e. The van der Waals surface area contributed by atoms with Gasteiger partial charge in [0.15, 0.2) is 5.78 Å².